The van der Waals surface area contributed by atoms with E-state index in [2.05, 4.69) is 10.2 Å². The van der Waals surface area contributed by atoms with E-state index in [0.29, 0.717) is 11.4 Å². The standard InChI is InChI=1S/C17H20N2O3/c1-21-15-8-7-13(19-9-3-2-4-10-19)12-14(15)18-17(20)16-6-5-11-22-16/h5-8,11-12H,2-4,9-10H2,1H3,(H,18,20). The van der Waals surface area contributed by atoms with Crippen LogP contribution in [0.15, 0.2) is 41.0 Å². The fraction of sp³-hybridized carbons (Fsp3) is 0.353. The number of nitrogens with zero attached hydrogens (tertiary/aromatic N) is 1. The Bertz CT molecular complexity index is 631. The summed E-state index contributed by atoms with van der Waals surface area (Å²) in [6.45, 7) is 2.11. The molecule has 1 aliphatic heterocycles. The number of piperidine rings is 1. The zero-order valence-corrected chi connectivity index (χ0v) is 12.7. The Balaban J connectivity index is 1.83. The summed E-state index contributed by atoms with van der Waals surface area (Å²) < 4.78 is 10.5. The average molecular weight is 300 g/mol. The molecule has 0 aliphatic carbocycles. The Kier molecular flexibility index (Phi) is 4.32. The number of hydrogen-bond acceptors (Lipinski definition) is 4. The molecule has 3 rings (SSSR count). The predicted molar refractivity (Wildman–Crippen MR) is 85.7 cm³/mol. The van der Waals surface area contributed by atoms with Gasteiger partial charge in [0.2, 0.25) is 0 Å². The average Bonchev–Trinajstić information content (AvgIpc) is 3.10. The van der Waals surface area contributed by atoms with Crippen molar-refractivity contribution in [2.24, 2.45) is 0 Å². The maximum absolute atomic E-state index is 12.2. The van der Waals surface area contributed by atoms with Crippen LogP contribution in [0.2, 0.25) is 0 Å². The summed E-state index contributed by atoms with van der Waals surface area (Å²) in [5.74, 6) is 0.644. The van der Waals surface area contributed by atoms with Gasteiger partial charge in [-0.05, 0) is 49.6 Å². The van der Waals surface area contributed by atoms with E-state index in [4.69, 9.17) is 9.15 Å². The van der Waals surface area contributed by atoms with Crippen LogP contribution in [0.1, 0.15) is 29.8 Å². The lowest BCUT2D eigenvalue weighted by Crippen LogP contribution is -2.29. The minimum absolute atomic E-state index is 0.279. The van der Waals surface area contributed by atoms with Gasteiger partial charge < -0.3 is 19.4 Å². The molecule has 0 saturated carbocycles. The van der Waals surface area contributed by atoms with Gasteiger partial charge in [0.05, 0.1) is 19.1 Å². The third-order valence-corrected chi connectivity index (χ3v) is 3.90. The van der Waals surface area contributed by atoms with E-state index < -0.39 is 0 Å². The van der Waals surface area contributed by atoms with Crippen LogP contribution in [0.5, 0.6) is 5.75 Å². The van der Waals surface area contributed by atoms with Crippen LogP contribution < -0.4 is 15.0 Å². The SMILES string of the molecule is COc1ccc(N2CCCCC2)cc1NC(=O)c1ccco1. The summed E-state index contributed by atoms with van der Waals surface area (Å²) in [5, 5.41) is 2.86. The summed E-state index contributed by atoms with van der Waals surface area (Å²) in [6, 6.07) is 9.21. The molecule has 2 heterocycles. The van der Waals surface area contributed by atoms with Crippen LogP contribution in [-0.4, -0.2) is 26.1 Å². The fourth-order valence-corrected chi connectivity index (χ4v) is 2.73. The van der Waals surface area contributed by atoms with E-state index in [1.54, 1.807) is 19.2 Å². The smallest absolute Gasteiger partial charge is 0.291 e. The van der Waals surface area contributed by atoms with Crippen molar-refractivity contribution in [3.05, 3.63) is 42.4 Å². The van der Waals surface area contributed by atoms with Gasteiger partial charge in [-0.1, -0.05) is 0 Å². The highest BCUT2D eigenvalue weighted by Crippen LogP contribution is 2.31. The number of carbonyl (C=O) groups is 1. The summed E-state index contributed by atoms with van der Waals surface area (Å²) in [6.07, 6.45) is 5.19. The van der Waals surface area contributed by atoms with Crippen molar-refractivity contribution < 1.29 is 13.9 Å². The minimum atomic E-state index is -0.279. The van der Waals surface area contributed by atoms with Crippen molar-refractivity contribution in [1.29, 1.82) is 0 Å². The van der Waals surface area contributed by atoms with Gasteiger partial charge in [-0.25, -0.2) is 0 Å². The maximum Gasteiger partial charge on any atom is 0.291 e. The number of nitrogens with one attached hydrogen (secondary N) is 1. The molecule has 5 heteroatoms. The molecule has 1 fully saturated rings. The molecule has 0 bridgehead atoms. The molecule has 0 atom stereocenters. The molecule has 1 aromatic carbocycles. The van der Waals surface area contributed by atoms with Gasteiger partial charge in [-0.15, -0.1) is 0 Å². The van der Waals surface area contributed by atoms with Gasteiger partial charge in [-0.2, -0.15) is 0 Å². The second-order valence-electron chi connectivity index (χ2n) is 5.36. The Labute approximate surface area is 129 Å². The number of anilines is 2. The molecule has 5 nitrogen and oxygen atoms in total. The number of amides is 1. The molecule has 22 heavy (non-hydrogen) atoms. The number of ether oxygens (including phenoxy) is 1. The highest BCUT2D eigenvalue weighted by atomic mass is 16.5. The van der Waals surface area contributed by atoms with Crippen LogP contribution in [0.4, 0.5) is 11.4 Å². The number of hydrogen-bond donors (Lipinski definition) is 1. The van der Waals surface area contributed by atoms with E-state index in [0.717, 1.165) is 18.8 Å². The molecule has 1 amide bonds. The zero-order chi connectivity index (χ0) is 15.4. The van der Waals surface area contributed by atoms with E-state index in [1.165, 1.54) is 25.5 Å². The molecular formula is C17H20N2O3. The van der Waals surface area contributed by atoms with Crippen molar-refractivity contribution in [1.82, 2.24) is 0 Å². The van der Waals surface area contributed by atoms with E-state index in [-0.39, 0.29) is 11.7 Å². The number of methoxy groups -OCH3 is 1. The first-order chi connectivity index (χ1) is 10.8. The number of carbonyl (C=O) groups excluding carboxylic acids is 1. The molecule has 0 spiro atoms. The van der Waals surface area contributed by atoms with Crippen LogP contribution in [0, 0.1) is 0 Å². The van der Waals surface area contributed by atoms with Gasteiger partial charge >= 0.3 is 0 Å². The van der Waals surface area contributed by atoms with Crippen LogP contribution in [0.25, 0.3) is 0 Å². The van der Waals surface area contributed by atoms with Crippen LogP contribution in [0.3, 0.4) is 0 Å². The topological polar surface area (TPSA) is 54.7 Å². The molecule has 0 unspecified atom stereocenters. The molecule has 1 aromatic heterocycles. The molecule has 1 saturated heterocycles. The number of benzene rings is 1. The largest absolute Gasteiger partial charge is 0.495 e. The Morgan fingerprint density at radius 2 is 2.05 bits per heavy atom. The van der Waals surface area contributed by atoms with Crippen molar-refractivity contribution in [3.8, 4) is 5.75 Å². The molecule has 0 radical (unpaired) electrons. The maximum atomic E-state index is 12.2. The monoisotopic (exact) mass is 300 g/mol. The molecular weight excluding hydrogens is 280 g/mol. The fourth-order valence-electron chi connectivity index (χ4n) is 2.73. The highest BCUT2D eigenvalue weighted by Gasteiger charge is 2.16. The highest BCUT2D eigenvalue weighted by molar-refractivity contribution is 6.03. The Morgan fingerprint density at radius 1 is 1.23 bits per heavy atom. The normalized spacial score (nSPS) is 14.7. The second-order valence-corrected chi connectivity index (χ2v) is 5.36. The Hall–Kier alpha value is -2.43. The molecule has 1 N–H and O–H groups in total. The van der Waals surface area contributed by atoms with E-state index >= 15 is 0 Å². The third kappa shape index (κ3) is 3.08. The molecule has 116 valence electrons. The first kappa shape index (κ1) is 14.5. The Morgan fingerprint density at radius 3 is 2.73 bits per heavy atom. The molecule has 2 aromatic rings. The first-order valence-corrected chi connectivity index (χ1v) is 7.56. The van der Waals surface area contributed by atoms with Gasteiger partial charge in [0.1, 0.15) is 5.75 Å². The van der Waals surface area contributed by atoms with Crippen LogP contribution in [-0.2, 0) is 0 Å². The first-order valence-electron chi connectivity index (χ1n) is 7.56. The van der Waals surface area contributed by atoms with Crippen molar-refractivity contribution in [2.45, 2.75) is 19.3 Å². The van der Waals surface area contributed by atoms with Gasteiger partial charge in [0.15, 0.2) is 5.76 Å². The van der Waals surface area contributed by atoms with Gasteiger partial charge in [-0.3, -0.25) is 4.79 Å². The zero-order valence-electron chi connectivity index (χ0n) is 12.7. The summed E-state index contributed by atoms with van der Waals surface area (Å²) in [5.41, 5.74) is 1.77. The van der Waals surface area contributed by atoms with Crippen molar-refractivity contribution >= 4 is 17.3 Å². The van der Waals surface area contributed by atoms with Gasteiger partial charge in [0, 0.05) is 18.8 Å². The summed E-state index contributed by atoms with van der Waals surface area (Å²) >= 11 is 0. The molecule has 1 aliphatic rings. The van der Waals surface area contributed by atoms with E-state index in [1.807, 2.05) is 18.2 Å². The van der Waals surface area contributed by atoms with Crippen molar-refractivity contribution in [3.63, 3.8) is 0 Å². The lowest BCUT2D eigenvalue weighted by atomic mass is 10.1. The minimum Gasteiger partial charge on any atom is -0.495 e. The quantitative estimate of drug-likeness (QED) is 0.938. The lowest BCUT2D eigenvalue weighted by Gasteiger charge is -2.29. The number of furan rings is 1. The second kappa shape index (κ2) is 6.56. The third-order valence-electron chi connectivity index (χ3n) is 3.90. The summed E-state index contributed by atoms with van der Waals surface area (Å²) in [7, 11) is 1.60. The van der Waals surface area contributed by atoms with E-state index in [9.17, 15) is 4.79 Å². The van der Waals surface area contributed by atoms with Gasteiger partial charge in [0.25, 0.3) is 5.91 Å². The number of rotatable bonds is 4. The van der Waals surface area contributed by atoms with Crippen molar-refractivity contribution in [2.75, 3.05) is 30.4 Å². The lowest BCUT2D eigenvalue weighted by molar-refractivity contribution is 0.0996. The summed E-state index contributed by atoms with van der Waals surface area (Å²) in [4.78, 5) is 14.5. The predicted octanol–water partition coefficient (Wildman–Crippen LogP) is 3.53. The van der Waals surface area contributed by atoms with Crippen LogP contribution >= 0.6 is 0 Å².